The average Bonchev–Trinajstić information content (AvgIpc) is 2.84. The van der Waals surface area contributed by atoms with Crippen molar-refractivity contribution in [1.29, 1.82) is 0 Å². The first-order valence-corrected chi connectivity index (χ1v) is 6.72. The molecule has 0 amide bonds. The molecule has 0 saturated heterocycles. The lowest BCUT2D eigenvalue weighted by Crippen LogP contribution is -2.05. The van der Waals surface area contributed by atoms with E-state index < -0.39 is 0 Å². The largest absolute Gasteiger partial charge is 0.325 e. The second-order valence-corrected chi connectivity index (χ2v) is 5.32. The number of aryl methyl sites for hydroxylation is 2. The summed E-state index contributed by atoms with van der Waals surface area (Å²) in [5.74, 6) is 0.885. The maximum Gasteiger partial charge on any atom is 0.213 e. The normalized spacial score (nSPS) is 11.8. The van der Waals surface area contributed by atoms with Gasteiger partial charge in [-0.15, -0.1) is 0 Å². The first kappa shape index (κ1) is 11.7. The molecular formula is C13H15BrN4. The Morgan fingerprint density at radius 3 is 2.89 bits per heavy atom. The fourth-order valence-corrected chi connectivity index (χ4v) is 2.87. The molecule has 3 aromatic rings. The number of aromatic amines is 1. The van der Waals surface area contributed by atoms with Crippen molar-refractivity contribution in [2.75, 3.05) is 7.05 Å². The van der Waals surface area contributed by atoms with Crippen LogP contribution in [0, 0.1) is 13.8 Å². The lowest BCUT2D eigenvalue weighted by molar-refractivity contribution is 0.793. The van der Waals surface area contributed by atoms with E-state index in [0.29, 0.717) is 0 Å². The van der Waals surface area contributed by atoms with E-state index in [1.54, 1.807) is 0 Å². The number of rotatable bonds is 2. The standard InChI is InChI=1S/C13H15BrN4/c1-7-4-5-10-11(8(7)2)17-13-16-9(6-15-3)12(14)18(10)13/h4-5,15H,6H2,1-3H3,(H,16,17). The number of fused-ring (bicyclic) bond motifs is 3. The van der Waals surface area contributed by atoms with Gasteiger partial charge >= 0.3 is 0 Å². The summed E-state index contributed by atoms with van der Waals surface area (Å²) >= 11 is 3.65. The van der Waals surface area contributed by atoms with Crippen LogP contribution >= 0.6 is 15.9 Å². The van der Waals surface area contributed by atoms with Crippen LogP contribution in [-0.2, 0) is 6.54 Å². The quantitative estimate of drug-likeness (QED) is 0.764. The Hall–Kier alpha value is -1.33. The van der Waals surface area contributed by atoms with Gasteiger partial charge in [0.05, 0.1) is 16.7 Å². The van der Waals surface area contributed by atoms with Crippen LogP contribution in [0.1, 0.15) is 16.8 Å². The topological polar surface area (TPSA) is 45.1 Å². The van der Waals surface area contributed by atoms with Gasteiger partial charge in [-0.25, -0.2) is 4.98 Å². The van der Waals surface area contributed by atoms with Crippen LogP contribution in [0.25, 0.3) is 16.8 Å². The third-order valence-electron chi connectivity index (χ3n) is 3.41. The molecule has 0 aliphatic heterocycles. The smallest absolute Gasteiger partial charge is 0.213 e. The summed E-state index contributed by atoms with van der Waals surface area (Å²) in [7, 11) is 1.93. The predicted molar refractivity (Wildman–Crippen MR) is 77.0 cm³/mol. The van der Waals surface area contributed by atoms with Gasteiger partial charge in [-0.3, -0.25) is 4.40 Å². The highest BCUT2D eigenvalue weighted by atomic mass is 79.9. The van der Waals surface area contributed by atoms with Crippen LogP contribution < -0.4 is 5.32 Å². The number of aromatic nitrogens is 3. The predicted octanol–water partition coefficient (Wildman–Crippen LogP) is 2.91. The van der Waals surface area contributed by atoms with Gasteiger partial charge in [-0.2, -0.15) is 0 Å². The number of hydrogen-bond acceptors (Lipinski definition) is 2. The first-order valence-electron chi connectivity index (χ1n) is 5.92. The van der Waals surface area contributed by atoms with Gasteiger partial charge in [0.25, 0.3) is 0 Å². The van der Waals surface area contributed by atoms with Crippen molar-refractivity contribution in [3.63, 3.8) is 0 Å². The summed E-state index contributed by atoms with van der Waals surface area (Å²) in [6.07, 6.45) is 0. The molecule has 0 fully saturated rings. The Morgan fingerprint density at radius 1 is 1.39 bits per heavy atom. The van der Waals surface area contributed by atoms with Gasteiger partial charge in [0, 0.05) is 6.54 Å². The Morgan fingerprint density at radius 2 is 2.17 bits per heavy atom. The monoisotopic (exact) mass is 306 g/mol. The number of H-pyrrole nitrogens is 1. The third kappa shape index (κ3) is 1.51. The molecule has 5 heteroatoms. The minimum absolute atomic E-state index is 0.788. The Labute approximate surface area is 114 Å². The molecule has 0 spiro atoms. The van der Waals surface area contributed by atoms with Crippen LogP contribution in [0.15, 0.2) is 16.7 Å². The lowest BCUT2D eigenvalue weighted by Gasteiger charge is -2.01. The zero-order chi connectivity index (χ0) is 12.9. The number of hydrogen-bond donors (Lipinski definition) is 2. The maximum absolute atomic E-state index is 4.69. The molecule has 0 aliphatic rings. The molecule has 2 heterocycles. The molecule has 0 unspecified atom stereocenters. The summed E-state index contributed by atoms with van der Waals surface area (Å²) in [6, 6.07) is 4.27. The van der Waals surface area contributed by atoms with Crippen LogP contribution in [0.3, 0.4) is 0 Å². The molecule has 94 valence electrons. The van der Waals surface area contributed by atoms with Gasteiger partial charge in [0.15, 0.2) is 0 Å². The van der Waals surface area contributed by atoms with Crippen molar-refractivity contribution in [2.45, 2.75) is 20.4 Å². The van der Waals surface area contributed by atoms with Crippen LogP contribution in [0.4, 0.5) is 0 Å². The fourth-order valence-electron chi connectivity index (χ4n) is 2.28. The van der Waals surface area contributed by atoms with Crippen molar-refractivity contribution in [2.24, 2.45) is 0 Å². The Balaban J connectivity index is 2.38. The summed E-state index contributed by atoms with van der Waals surface area (Å²) < 4.78 is 3.16. The highest BCUT2D eigenvalue weighted by Gasteiger charge is 2.15. The van der Waals surface area contributed by atoms with Gasteiger partial charge in [-0.1, -0.05) is 6.07 Å². The number of benzene rings is 1. The minimum Gasteiger partial charge on any atom is -0.325 e. The minimum atomic E-state index is 0.788. The van der Waals surface area contributed by atoms with E-state index in [1.807, 2.05) is 7.05 Å². The van der Waals surface area contributed by atoms with Gasteiger partial charge in [0.2, 0.25) is 5.78 Å². The zero-order valence-electron chi connectivity index (χ0n) is 10.6. The molecule has 0 saturated carbocycles. The second-order valence-electron chi connectivity index (χ2n) is 4.57. The number of halogens is 1. The first-order chi connectivity index (χ1) is 8.63. The van der Waals surface area contributed by atoms with Crippen LogP contribution in [0.5, 0.6) is 0 Å². The van der Waals surface area contributed by atoms with Crippen molar-refractivity contribution in [3.05, 3.63) is 33.6 Å². The molecule has 2 N–H and O–H groups in total. The molecule has 18 heavy (non-hydrogen) atoms. The van der Waals surface area contributed by atoms with Crippen molar-refractivity contribution >= 4 is 32.7 Å². The Kier molecular flexibility index (Phi) is 2.68. The molecular weight excluding hydrogens is 292 g/mol. The third-order valence-corrected chi connectivity index (χ3v) is 4.25. The van der Waals surface area contributed by atoms with E-state index in [4.69, 9.17) is 0 Å². The highest BCUT2D eigenvalue weighted by Crippen LogP contribution is 2.27. The van der Waals surface area contributed by atoms with Crippen molar-refractivity contribution in [3.8, 4) is 0 Å². The summed E-state index contributed by atoms with van der Waals surface area (Å²) in [4.78, 5) is 8.03. The number of nitrogens with zero attached hydrogens (tertiary/aromatic N) is 2. The lowest BCUT2D eigenvalue weighted by atomic mass is 10.1. The summed E-state index contributed by atoms with van der Waals surface area (Å²) in [6.45, 7) is 5.02. The summed E-state index contributed by atoms with van der Waals surface area (Å²) in [5.41, 5.74) is 5.83. The zero-order valence-corrected chi connectivity index (χ0v) is 12.2. The summed E-state index contributed by atoms with van der Waals surface area (Å²) in [5, 5.41) is 3.14. The number of imidazole rings is 2. The molecule has 2 aromatic heterocycles. The maximum atomic E-state index is 4.69. The van der Waals surface area contributed by atoms with Gasteiger partial charge < -0.3 is 10.3 Å². The molecule has 0 bridgehead atoms. The molecule has 3 rings (SSSR count). The van der Waals surface area contributed by atoms with E-state index in [2.05, 4.69) is 61.6 Å². The number of nitrogens with one attached hydrogen (secondary N) is 2. The van der Waals surface area contributed by atoms with E-state index >= 15 is 0 Å². The van der Waals surface area contributed by atoms with Crippen molar-refractivity contribution in [1.82, 2.24) is 19.7 Å². The van der Waals surface area contributed by atoms with E-state index in [1.165, 1.54) is 11.1 Å². The average molecular weight is 307 g/mol. The fraction of sp³-hybridized carbons (Fsp3) is 0.308. The van der Waals surface area contributed by atoms with Gasteiger partial charge in [-0.05, 0) is 54.0 Å². The van der Waals surface area contributed by atoms with Gasteiger partial charge in [0.1, 0.15) is 4.60 Å². The molecule has 4 nitrogen and oxygen atoms in total. The van der Waals surface area contributed by atoms with Crippen LogP contribution in [-0.4, -0.2) is 21.4 Å². The molecule has 0 atom stereocenters. The molecule has 0 aliphatic carbocycles. The Bertz CT molecular complexity index is 738. The van der Waals surface area contributed by atoms with Crippen molar-refractivity contribution < 1.29 is 0 Å². The van der Waals surface area contributed by atoms with E-state index in [0.717, 1.165) is 33.7 Å². The second kappa shape index (κ2) is 4.10. The highest BCUT2D eigenvalue weighted by molar-refractivity contribution is 9.10. The van der Waals surface area contributed by atoms with Crippen LogP contribution in [0.2, 0.25) is 0 Å². The van der Waals surface area contributed by atoms with E-state index in [-0.39, 0.29) is 0 Å². The van der Waals surface area contributed by atoms with E-state index in [9.17, 15) is 0 Å². The molecule has 1 aromatic carbocycles. The SMILES string of the molecule is CNCc1[nH]c2nc3c(C)c(C)ccc3n2c1Br. The molecule has 0 radical (unpaired) electrons.